The Morgan fingerprint density at radius 2 is 1.53 bits per heavy atom. The molecule has 0 N–H and O–H groups in total. The predicted molar refractivity (Wildman–Crippen MR) is 64.9 cm³/mol. The van der Waals surface area contributed by atoms with Crippen molar-refractivity contribution in [3.8, 4) is 0 Å². The van der Waals surface area contributed by atoms with Crippen molar-refractivity contribution in [2.45, 2.75) is 44.9 Å². The molecule has 15 heavy (non-hydrogen) atoms. The molecule has 2 fully saturated rings. The molecule has 0 aromatic rings. The van der Waals surface area contributed by atoms with E-state index in [1.165, 1.54) is 44.9 Å². The molecule has 0 bridgehead atoms. The van der Waals surface area contributed by atoms with Gasteiger partial charge in [0.05, 0.1) is 0 Å². The maximum atomic E-state index is 4.45. The molecular weight excluding hydrogens is 182 g/mol. The first-order valence-corrected chi connectivity index (χ1v) is 6.64. The van der Waals surface area contributed by atoms with E-state index in [-0.39, 0.29) is 0 Å². The van der Waals surface area contributed by atoms with Gasteiger partial charge in [-0.2, -0.15) is 0 Å². The molecule has 2 rings (SSSR count). The van der Waals surface area contributed by atoms with Gasteiger partial charge in [-0.05, 0) is 62.7 Å². The van der Waals surface area contributed by atoms with Gasteiger partial charge in [0.1, 0.15) is 0 Å². The lowest BCUT2D eigenvalue weighted by Crippen LogP contribution is -2.30. The van der Waals surface area contributed by atoms with E-state index in [0.717, 1.165) is 30.8 Å². The quantitative estimate of drug-likeness (QED) is 0.629. The molecule has 1 heterocycles. The fourth-order valence-corrected chi connectivity index (χ4v) is 3.37. The van der Waals surface area contributed by atoms with Crippen LogP contribution in [0.25, 0.3) is 0 Å². The zero-order chi connectivity index (χ0) is 10.5. The van der Waals surface area contributed by atoms with E-state index in [0.29, 0.717) is 0 Å². The molecule has 0 aromatic carbocycles. The average Bonchev–Trinajstić information content (AvgIpc) is 2.32. The highest BCUT2D eigenvalue weighted by Gasteiger charge is 2.27. The highest BCUT2D eigenvalue weighted by molar-refractivity contribution is 4.83. The molecule has 1 heteroatoms. The van der Waals surface area contributed by atoms with E-state index in [1.54, 1.807) is 0 Å². The Bertz CT molecular complexity index is 186. The van der Waals surface area contributed by atoms with Crippen molar-refractivity contribution in [3.05, 3.63) is 12.7 Å². The third-order valence-corrected chi connectivity index (χ3v) is 4.37. The van der Waals surface area contributed by atoms with E-state index >= 15 is 0 Å². The van der Waals surface area contributed by atoms with Gasteiger partial charge in [-0.3, -0.25) is 0 Å². The van der Waals surface area contributed by atoms with Crippen molar-refractivity contribution < 1.29 is 0 Å². The van der Waals surface area contributed by atoms with Gasteiger partial charge in [0.2, 0.25) is 0 Å². The Hall–Kier alpha value is -0.300. The van der Waals surface area contributed by atoms with Crippen LogP contribution in [-0.2, 0) is 0 Å². The fourth-order valence-electron chi connectivity index (χ4n) is 3.37. The monoisotopic (exact) mass is 206 g/mol. The van der Waals surface area contributed by atoms with Crippen LogP contribution in [-0.4, -0.2) is 13.1 Å². The van der Waals surface area contributed by atoms with Crippen LogP contribution < -0.4 is 5.32 Å². The molecule has 1 aliphatic heterocycles. The molecule has 1 saturated heterocycles. The lowest BCUT2D eigenvalue weighted by Gasteiger charge is -2.35. The Labute approximate surface area is 94.3 Å². The zero-order valence-electron chi connectivity index (χ0n) is 9.83. The maximum Gasteiger partial charge on any atom is 0.0136 e. The van der Waals surface area contributed by atoms with Crippen molar-refractivity contribution in [1.82, 2.24) is 5.32 Å². The maximum absolute atomic E-state index is 4.45. The Kier molecular flexibility index (Phi) is 4.25. The Morgan fingerprint density at radius 3 is 2.13 bits per heavy atom. The van der Waals surface area contributed by atoms with Crippen molar-refractivity contribution in [2.75, 3.05) is 13.1 Å². The predicted octanol–water partition coefficient (Wildman–Crippen LogP) is 3.38. The van der Waals surface area contributed by atoms with Crippen LogP contribution in [0, 0.1) is 17.8 Å². The summed E-state index contributed by atoms with van der Waals surface area (Å²) in [5.74, 6) is 2.99. The highest BCUT2D eigenvalue weighted by Crippen LogP contribution is 2.38. The lowest BCUT2D eigenvalue weighted by atomic mass is 9.72. The van der Waals surface area contributed by atoms with Crippen LogP contribution >= 0.6 is 0 Å². The standard InChI is InChI=1S/C14H24N/c1-2-3-12-4-6-13(7-5-12)14-8-10-15-11-9-14/h2,12-14H,1,3-11H2. The molecule has 1 nitrogen and oxygen atoms in total. The third kappa shape index (κ3) is 3.07. The summed E-state index contributed by atoms with van der Waals surface area (Å²) in [6.07, 6.45) is 11.9. The molecule has 1 saturated carbocycles. The van der Waals surface area contributed by atoms with E-state index in [9.17, 15) is 0 Å². The SMILES string of the molecule is C=CCC1CCC(C2CC[N]CC2)CC1. The molecule has 0 amide bonds. The first kappa shape index (κ1) is 11.2. The van der Waals surface area contributed by atoms with Crippen LogP contribution in [0.2, 0.25) is 0 Å². The molecule has 1 radical (unpaired) electrons. The number of rotatable bonds is 3. The second-order valence-corrected chi connectivity index (χ2v) is 5.31. The van der Waals surface area contributed by atoms with Crippen LogP contribution in [0.4, 0.5) is 0 Å². The smallest absolute Gasteiger partial charge is 0.0136 e. The second-order valence-electron chi connectivity index (χ2n) is 5.31. The first-order valence-electron chi connectivity index (χ1n) is 6.64. The molecule has 0 unspecified atom stereocenters. The van der Waals surface area contributed by atoms with Gasteiger partial charge in [-0.15, -0.1) is 6.58 Å². The highest BCUT2D eigenvalue weighted by atomic mass is 14.9. The Morgan fingerprint density at radius 1 is 0.933 bits per heavy atom. The summed E-state index contributed by atoms with van der Waals surface area (Å²) in [7, 11) is 0. The number of hydrogen-bond donors (Lipinski definition) is 0. The number of hydrogen-bond acceptors (Lipinski definition) is 0. The minimum atomic E-state index is 0.951. The van der Waals surface area contributed by atoms with Crippen LogP contribution in [0.5, 0.6) is 0 Å². The van der Waals surface area contributed by atoms with Crippen molar-refractivity contribution in [3.63, 3.8) is 0 Å². The zero-order valence-corrected chi connectivity index (χ0v) is 9.83. The molecule has 2 aliphatic rings. The number of nitrogens with zero attached hydrogens (tertiary/aromatic N) is 1. The third-order valence-electron chi connectivity index (χ3n) is 4.37. The van der Waals surface area contributed by atoms with Crippen LogP contribution in [0.3, 0.4) is 0 Å². The summed E-state index contributed by atoms with van der Waals surface area (Å²) < 4.78 is 0. The first-order chi connectivity index (χ1) is 7.40. The van der Waals surface area contributed by atoms with E-state index < -0.39 is 0 Å². The van der Waals surface area contributed by atoms with Gasteiger partial charge in [0.15, 0.2) is 0 Å². The van der Waals surface area contributed by atoms with E-state index in [4.69, 9.17) is 0 Å². The topological polar surface area (TPSA) is 14.1 Å². The van der Waals surface area contributed by atoms with E-state index in [2.05, 4.69) is 18.0 Å². The summed E-state index contributed by atoms with van der Waals surface area (Å²) >= 11 is 0. The van der Waals surface area contributed by atoms with Gasteiger partial charge in [0, 0.05) is 13.1 Å². The summed E-state index contributed by atoms with van der Waals surface area (Å²) in [6, 6.07) is 0. The van der Waals surface area contributed by atoms with Crippen LogP contribution in [0.15, 0.2) is 12.7 Å². The molecule has 0 aromatic heterocycles. The van der Waals surface area contributed by atoms with Crippen molar-refractivity contribution in [1.29, 1.82) is 0 Å². The largest absolute Gasteiger partial charge is 0.242 e. The van der Waals surface area contributed by atoms with Crippen molar-refractivity contribution >= 4 is 0 Å². The van der Waals surface area contributed by atoms with E-state index in [1.807, 2.05) is 0 Å². The van der Waals surface area contributed by atoms with Gasteiger partial charge in [-0.25, -0.2) is 5.32 Å². The molecule has 0 spiro atoms. The minimum absolute atomic E-state index is 0.951. The fraction of sp³-hybridized carbons (Fsp3) is 0.857. The van der Waals surface area contributed by atoms with Gasteiger partial charge in [0.25, 0.3) is 0 Å². The minimum Gasteiger partial charge on any atom is -0.242 e. The number of allylic oxidation sites excluding steroid dienone is 1. The molecule has 1 aliphatic carbocycles. The van der Waals surface area contributed by atoms with Crippen molar-refractivity contribution in [2.24, 2.45) is 17.8 Å². The van der Waals surface area contributed by atoms with Gasteiger partial charge < -0.3 is 0 Å². The Balaban J connectivity index is 1.74. The molecular formula is C14H24N. The summed E-state index contributed by atoms with van der Waals surface area (Å²) in [5, 5.41) is 4.45. The normalized spacial score (nSPS) is 33.9. The molecule has 85 valence electrons. The second kappa shape index (κ2) is 5.69. The average molecular weight is 206 g/mol. The molecule has 0 atom stereocenters. The number of piperidine rings is 1. The summed E-state index contributed by atoms with van der Waals surface area (Å²) in [5.41, 5.74) is 0. The van der Waals surface area contributed by atoms with Crippen LogP contribution in [0.1, 0.15) is 44.9 Å². The van der Waals surface area contributed by atoms with Gasteiger partial charge in [-0.1, -0.05) is 6.08 Å². The lowest BCUT2D eigenvalue weighted by molar-refractivity contribution is 0.173. The van der Waals surface area contributed by atoms with Gasteiger partial charge >= 0.3 is 0 Å². The summed E-state index contributed by atoms with van der Waals surface area (Å²) in [4.78, 5) is 0. The summed E-state index contributed by atoms with van der Waals surface area (Å²) in [6.45, 7) is 6.12.